The summed E-state index contributed by atoms with van der Waals surface area (Å²) < 4.78 is 0. The molecule has 1 heterocycles. The van der Waals surface area contributed by atoms with E-state index in [2.05, 4.69) is 11.9 Å². The molecule has 1 saturated carbocycles. The van der Waals surface area contributed by atoms with Crippen LogP contribution in [0, 0.1) is 5.92 Å². The Labute approximate surface area is 113 Å². The molecule has 0 spiro atoms. The Balaban J connectivity index is 2.13. The Kier molecular flexibility index (Phi) is 4.23. The summed E-state index contributed by atoms with van der Waals surface area (Å²) in [4.78, 5) is 18.3. The molecule has 1 fully saturated rings. The van der Waals surface area contributed by atoms with Crippen LogP contribution in [0.5, 0.6) is 0 Å². The summed E-state index contributed by atoms with van der Waals surface area (Å²) in [5.41, 5.74) is 0.433. The third-order valence-electron chi connectivity index (χ3n) is 3.83. The molecule has 3 nitrogen and oxygen atoms in total. The minimum atomic E-state index is -0.0312. The van der Waals surface area contributed by atoms with Gasteiger partial charge in [-0.3, -0.25) is 9.78 Å². The molecule has 1 aromatic rings. The fourth-order valence-electron chi connectivity index (χ4n) is 2.73. The maximum absolute atomic E-state index is 12.3. The molecule has 0 bridgehead atoms. The molecule has 1 aliphatic rings. The van der Waals surface area contributed by atoms with Crippen LogP contribution in [0.3, 0.4) is 0 Å². The average molecular weight is 267 g/mol. The lowest BCUT2D eigenvalue weighted by molar-refractivity contribution is 0.0623. The van der Waals surface area contributed by atoms with Crippen molar-refractivity contribution in [3.05, 3.63) is 29.0 Å². The van der Waals surface area contributed by atoms with Gasteiger partial charge >= 0.3 is 0 Å². The van der Waals surface area contributed by atoms with Crippen molar-refractivity contribution in [2.24, 2.45) is 5.92 Å². The molecular weight excluding hydrogens is 248 g/mol. The van der Waals surface area contributed by atoms with Gasteiger partial charge in [0.05, 0.1) is 0 Å². The van der Waals surface area contributed by atoms with Crippen LogP contribution < -0.4 is 0 Å². The zero-order valence-electron chi connectivity index (χ0n) is 10.9. The average Bonchev–Trinajstić information content (AvgIpc) is 2.37. The molecule has 98 valence electrons. The molecule has 0 radical (unpaired) electrons. The second-order valence-corrected chi connectivity index (χ2v) is 5.54. The van der Waals surface area contributed by atoms with Gasteiger partial charge in [0, 0.05) is 24.3 Å². The number of nitrogens with zero attached hydrogens (tertiary/aromatic N) is 2. The van der Waals surface area contributed by atoms with E-state index in [-0.39, 0.29) is 5.91 Å². The summed E-state index contributed by atoms with van der Waals surface area (Å²) in [6.07, 6.45) is 6.34. The minimum Gasteiger partial charge on any atom is -0.337 e. The number of hydrogen-bond acceptors (Lipinski definition) is 2. The number of hydrogen-bond donors (Lipinski definition) is 0. The van der Waals surface area contributed by atoms with Crippen molar-refractivity contribution in [1.29, 1.82) is 0 Å². The van der Waals surface area contributed by atoms with Crippen LogP contribution in [-0.4, -0.2) is 28.9 Å². The summed E-state index contributed by atoms with van der Waals surface area (Å²) in [7, 11) is 1.87. The lowest BCUT2D eigenvalue weighted by Gasteiger charge is -2.36. The predicted octanol–water partition coefficient (Wildman–Crippen LogP) is 3.39. The van der Waals surface area contributed by atoms with Crippen LogP contribution in [0.25, 0.3) is 0 Å². The lowest BCUT2D eigenvalue weighted by atomic mass is 9.85. The highest BCUT2D eigenvalue weighted by Gasteiger charge is 2.28. The van der Waals surface area contributed by atoms with Crippen molar-refractivity contribution in [2.75, 3.05) is 7.05 Å². The van der Waals surface area contributed by atoms with Crippen molar-refractivity contribution in [2.45, 2.75) is 38.6 Å². The first-order valence-corrected chi connectivity index (χ1v) is 6.86. The fraction of sp³-hybridized carbons (Fsp3) is 0.571. The van der Waals surface area contributed by atoms with Crippen LogP contribution >= 0.6 is 11.6 Å². The van der Waals surface area contributed by atoms with Crippen molar-refractivity contribution >= 4 is 17.5 Å². The molecule has 0 unspecified atom stereocenters. The van der Waals surface area contributed by atoms with Crippen LogP contribution in [0.2, 0.25) is 5.02 Å². The number of amides is 1. The molecule has 1 aromatic heterocycles. The second-order valence-electron chi connectivity index (χ2n) is 5.10. The van der Waals surface area contributed by atoms with E-state index in [1.807, 2.05) is 11.9 Å². The third-order valence-corrected chi connectivity index (χ3v) is 4.06. The van der Waals surface area contributed by atoms with Crippen LogP contribution in [-0.2, 0) is 0 Å². The molecule has 1 amide bonds. The number of aromatic nitrogens is 1. The van der Waals surface area contributed by atoms with Gasteiger partial charge in [-0.05, 0) is 30.9 Å². The summed E-state index contributed by atoms with van der Waals surface area (Å²) in [5.74, 6) is 0.531. The Morgan fingerprint density at radius 3 is 2.83 bits per heavy atom. The molecule has 0 aliphatic heterocycles. The minimum absolute atomic E-state index is 0.0312. The highest BCUT2D eigenvalue weighted by Crippen LogP contribution is 2.28. The topological polar surface area (TPSA) is 33.2 Å². The van der Waals surface area contributed by atoms with E-state index >= 15 is 0 Å². The van der Waals surface area contributed by atoms with E-state index in [0.717, 1.165) is 6.42 Å². The van der Waals surface area contributed by atoms with Gasteiger partial charge in [-0.1, -0.05) is 31.4 Å². The number of rotatable bonds is 2. The fourth-order valence-corrected chi connectivity index (χ4v) is 2.88. The lowest BCUT2D eigenvalue weighted by Crippen LogP contribution is -2.42. The van der Waals surface area contributed by atoms with Gasteiger partial charge in [-0.25, -0.2) is 0 Å². The quantitative estimate of drug-likeness (QED) is 0.822. The number of halogens is 1. The molecule has 2 rings (SSSR count). The predicted molar refractivity (Wildman–Crippen MR) is 72.8 cm³/mol. The Hall–Kier alpha value is -1.09. The van der Waals surface area contributed by atoms with Crippen LogP contribution in [0.1, 0.15) is 43.1 Å². The Morgan fingerprint density at radius 2 is 2.17 bits per heavy atom. The third kappa shape index (κ3) is 2.83. The smallest absolute Gasteiger partial charge is 0.272 e. The SMILES string of the molecule is C[C@@H]1CCCC[C@@H]1N(C)C(=O)c1cc(Cl)ccn1. The first kappa shape index (κ1) is 13.3. The van der Waals surface area contributed by atoms with Crippen molar-refractivity contribution in [1.82, 2.24) is 9.88 Å². The molecule has 0 N–H and O–H groups in total. The van der Waals surface area contributed by atoms with E-state index in [4.69, 9.17) is 11.6 Å². The van der Waals surface area contributed by atoms with Crippen LogP contribution in [0.15, 0.2) is 18.3 Å². The van der Waals surface area contributed by atoms with E-state index in [1.54, 1.807) is 18.3 Å². The first-order chi connectivity index (χ1) is 8.59. The maximum atomic E-state index is 12.3. The second kappa shape index (κ2) is 5.70. The summed E-state index contributed by atoms with van der Waals surface area (Å²) in [6.45, 7) is 2.22. The summed E-state index contributed by atoms with van der Waals surface area (Å²) in [5, 5.41) is 0.554. The van der Waals surface area contributed by atoms with Crippen LogP contribution in [0.4, 0.5) is 0 Å². The van der Waals surface area contributed by atoms with Gasteiger partial charge in [-0.15, -0.1) is 0 Å². The van der Waals surface area contributed by atoms with Gasteiger partial charge < -0.3 is 4.90 Å². The zero-order valence-corrected chi connectivity index (χ0v) is 11.7. The normalized spacial score (nSPS) is 23.7. The molecule has 2 atom stereocenters. The van der Waals surface area contributed by atoms with E-state index in [9.17, 15) is 4.79 Å². The molecule has 1 aliphatic carbocycles. The van der Waals surface area contributed by atoms with E-state index in [1.165, 1.54) is 19.3 Å². The molecule has 4 heteroatoms. The molecule has 0 saturated heterocycles. The Morgan fingerprint density at radius 1 is 1.44 bits per heavy atom. The van der Waals surface area contributed by atoms with E-state index in [0.29, 0.717) is 22.7 Å². The first-order valence-electron chi connectivity index (χ1n) is 6.48. The van der Waals surface area contributed by atoms with E-state index < -0.39 is 0 Å². The summed E-state index contributed by atoms with van der Waals surface area (Å²) >= 11 is 5.90. The van der Waals surface area contributed by atoms with Gasteiger partial charge in [0.2, 0.25) is 0 Å². The zero-order chi connectivity index (χ0) is 13.1. The van der Waals surface area contributed by atoms with Gasteiger partial charge in [-0.2, -0.15) is 0 Å². The van der Waals surface area contributed by atoms with Crippen molar-refractivity contribution < 1.29 is 4.79 Å². The highest BCUT2D eigenvalue weighted by molar-refractivity contribution is 6.30. The number of carbonyl (C=O) groups is 1. The van der Waals surface area contributed by atoms with Gasteiger partial charge in [0.15, 0.2) is 0 Å². The molecule has 18 heavy (non-hydrogen) atoms. The number of carbonyl (C=O) groups excluding carboxylic acids is 1. The summed E-state index contributed by atoms with van der Waals surface area (Å²) in [6, 6.07) is 3.64. The molecule has 0 aromatic carbocycles. The van der Waals surface area contributed by atoms with Crippen molar-refractivity contribution in [3.8, 4) is 0 Å². The molecular formula is C14H19ClN2O. The highest BCUT2D eigenvalue weighted by atomic mass is 35.5. The van der Waals surface area contributed by atoms with Gasteiger partial charge in [0.1, 0.15) is 5.69 Å². The van der Waals surface area contributed by atoms with Crippen molar-refractivity contribution in [3.63, 3.8) is 0 Å². The van der Waals surface area contributed by atoms with Gasteiger partial charge in [0.25, 0.3) is 5.91 Å². The maximum Gasteiger partial charge on any atom is 0.272 e. The Bertz CT molecular complexity index is 436. The largest absolute Gasteiger partial charge is 0.337 e. The number of pyridine rings is 1. The standard InChI is InChI=1S/C14H19ClN2O/c1-10-5-3-4-6-13(10)17(2)14(18)12-9-11(15)7-8-16-12/h7-10,13H,3-6H2,1-2H3/t10-,13+/m1/s1. The monoisotopic (exact) mass is 266 g/mol.